The molecule has 1 unspecified atom stereocenters. The summed E-state index contributed by atoms with van der Waals surface area (Å²) in [5.74, 6) is 0.00957. The first kappa shape index (κ1) is 11.8. The molecule has 4 heteroatoms. The molecule has 0 saturated heterocycles. The van der Waals surface area contributed by atoms with E-state index >= 15 is 0 Å². The smallest absolute Gasteiger partial charge is 0.303 e. The van der Waals surface area contributed by atoms with Crippen LogP contribution in [0, 0.1) is 5.92 Å². The maximum absolute atomic E-state index is 10.9. The van der Waals surface area contributed by atoms with Crippen LogP contribution in [0.3, 0.4) is 0 Å². The van der Waals surface area contributed by atoms with Crippen molar-refractivity contribution in [3.8, 4) is 11.5 Å². The summed E-state index contributed by atoms with van der Waals surface area (Å²) >= 11 is 0. The number of benzene rings is 1. The fraction of sp³-hybridized carbons (Fsp3) is 0.462. The standard InChI is InChI=1S/C13H16O4/c1-17-13-9(3-2-4-11(13)14)10(7-12(15)16)8-5-6-8/h2-4,8,10,14H,5-7H2,1H3,(H,15,16). The molecule has 1 saturated carbocycles. The van der Waals surface area contributed by atoms with E-state index in [1.54, 1.807) is 12.1 Å². The number of phenolic OH excluding ortho intramolecular Hbond substituents is 1. The Morgan fingerprint density at radius 3 is 2.76 bits per heavy atom. The number of ether oxygens (including phenoxy) is 1. The molecule has 92 valence electrons. The highest BCUT2D eigenvalue weighted by molar-refractivity contribution is 5.68. The van der Waals surface area contributed by atoms with Crippen LogP contribution in [-0.2, 0) is 4.79 Å². The molecule has 0 aromatic heterocycles. The second-order valence-corrected chi connectivity index (χ2v) is 4.44. The zero-order valence-electron chi connectivity index (χ0n) is 9.72. The van der Waals surface area contributed by atoms with Crippen LogP contribution in [0.5, 0.6) is 11.5 Å². The van der Waals surface area contributed by atoms with Crippen molar-refractivity contribution in [1.29, 1.82) is 0 Å². The zero-order valence-corrected chi connectivity index (χ0v) is 9.72. The van der Waals surface area contributed by atoms with Crippen molar-refractivity contribution in [2.24, 2.45) is 5.92 Å². The minimum absolute atomic E-state index is 0.0606. The van der Waals surface area contributed by atoms with E-state index in [0.29, 0.717) is 11.7 Å². The third-order valence-corrected chi connectivity index (χ3v) is 3.21. The molecule has 0 aliphatic heterocycles. The van der Waals surface area contributed by atoms with Crippen molar-refractivity contribution >= 4 is 5.97 Å². The molecule has 0 bridgehead atoms. The van der Waals surface area contributed by atoms with Crippen LogP contribution in [0.2, 0.25) is 0 Å². The van der Waals surface area contributed by atoms with E-state index in [2.05, 4.69) is 0 Å². The number of aliphatic carboxylic acids is 1. The van der Waals surface area contributed by atoms with Gasteiger partial charge < -0.3 is 14.9 Å². The number of carboxylic acid groups (broad SMARTS) is 1. The maximum atomic E-state index is 10.9. The van der Waals surface area contributed by atoms with E-state index < -0.39 is 5.97 Å². The van der Waals surface area contributed by atoms with E-state index in [1.807, 2.05) is 6.07 Å². The Morgan fingerprint density at radius 1 is 1.53 bits per heavy atom. The predicted octanol–water partition coefficient (Wildman–Crippen LogP) is 2.37. The molecule has 0 radical (unpaired) electrons. The van der Waals surface area contributed by atoms with E-state index in [0.717, 1.165) is 18.4 Å². The van der Waals surface area contributed by atoms with E-state index in [1.165, 1.54) is 7.11 Å². The summed E-state index contributed by atoms with van der Waals surface area (Å²) in [7, 11) is 1.49. The normalized spacial score (nSPS) is 16.5. The second kappa shape index (κ2) is 4.65. The Labute approximate surface area is 99.8 Å². The van der Waals surface area contributed by atoms with Gasteiger partial charge in [-0.15, -0.1) is 0 Å². The Hall–Kier alpha value is -1.71. The maximum Gasteiger partial charge on any atom is 0.303 e. The summed E-state index contributed by atoms with van der Waals surface area (Å²) < 4.78 is 5.17. The first-order valence-electron chi connectivity index (χ1n) is 5.71. The topological polar surface area (TPSA) is 66.8 Å². The molecule has 1 aliphatic carbocycles. The molecule has 2 N–H and O–H groups in total. The van der Waals surface area contributed by atoms with Gasteiger partial charge in [-0.05, 0) is 24.8 Å². The number of phenols is 1. The average molecular weight is 236 g/mol. The van der Waals surface area contributed by atoms with E-state index in [4.69, 9.17) is 9.84 Å². The molecule has 1 aromatic carbocycles. The lowest BCUT2D eigenvalue weighted by molar-refractivity contribution is -0.137. The highest BCUT2D eigenvalue weighted by Gasteiger charge is 2.35. The van der Waals surface area contributed by atoms with Gasteiger partial charge in [0.1, 0.15) is 0 Å². The van der Waals surface area contributed by atoms with Gasteiger partial charge in [0.2, 0.25) is 0 Å². The molecule has 1 aliphatic rings. The number of para-hydroxylation sites is 1. The van der Waals surface area contributed by atoms with Gasteiger partial charge in [-0.25, -0.2) is 0 Å². The monoisotopic (exact) mass is 236 g/mol. The van der Waals surface area contributed by atoms with Crippen LogP contribution in [-0.4, -0.2) is 23.3 Å². The van der Waals surface area contributed by atoms with Crippen molar-refractivity contribution in [3.63, 3.8) is 0 Å². The van der Waals surface area contributed by atoms with Gasteiger partial charge in [-0.2, -0.15) is 0 Å². The second-order valence-electron chi connectivity index (χ2n) is 4.44. The summed E-state index contributed by atoms with van der Waals surface area (Å²) in [6, 6.07) is 5.11. The van der Waals surface area contributed by atoms with Crippen LogP contribution < -0.4 is 4.74 Å². The first-order valence-corrected chi connectivity index (χ1v) is 5.71. The van der Waals surface area contributed by atoms with Crippen molar-refractivity contribution < 1.29 is 19.7 Å². The minimum atomic E-state index is -0.813. The number of aromatic hydroxyl groups is 1. The van der Waals surface area contributed by atoms with E-state index in [-0.39, 0.29) is 18.1 Å². The summed E-state index contributed by atoms with van der Waals surface area (Å²) in [6.07, 6.45) is 2.19. The number of carboxylic acids is 1. The van der Waals surface area contributed by atoms with Crippen molar-refractivity contribution in [3.05, 3.63) is 23.8 Å². The van der Waals surface area contributed by atoms with Crippen molar-refractivity contribution in [2.45, 2.75) is 25.2 Å². The Morgan fingerprint density at radius 2 is 2.24 bits per heavy atom. The summed E-state index contributed by atoms with van der Waals surface area (Å²) in [5, 5.41) is 18.7. The van der Waals surface area contributed by atoms with Crippen LogP contribution in [0.4, 0.5) is 0 Å². The molecule has 0 amide bonds. The van der Waals surface area contributed by atoms with Gasteiger partial charge in [0, 0.05) is 11.5 Å². The van der Waals surface area contributed by atoms with Gasteiger partial charge >= 0.3 is 5.97 Å². The average Bonchev–Trinajstić information content (AvgIpc) is 3.09. The van der Waals surface area contributed by atoms with Gasteiger partial charge in [0.15, 0.2) is 11.5 Å². The summed E-state index contributed by atoms with van der Waals surface area (Å²) in [6.45, 7) is 0. The Balaban J connectivity index is 2.34. The molecule has 0 heterocycles. The molecule has 0 spiro atoms. The fourth-order valence-corrected chi connectivity index (χ4v) is 2.27. The molecular weight excluding hydrogens is 220 g/mol. The number of hydrogen-bond donors (Lipinski definition) is 2. The minimum Gasteiger partial charge on any atom is -0.504 e. The predicted molar refractivity (Wildman–Crippen MR) is 62.4 cm³/mol. The van der Waals surface area contributed by atoms with E-state index in [9.17, 15) is 9.90 Å². The summed E-state index contributed by atoms with van der Waals surface area (Å²) in [5.41, 5.74) is 0.803. The largest absolute Gasteiger partial charge is 0.504 e. The lowest BCUT2D eigenvalue weighted by atomic mass is 9.90. The van der Waals surface area contributed by atoms with Crippen molar-refractivity contribution in [2.75, 3.05) is 7.11 Å². The molecule has 2 rings (SSSR count). The molecule has 1 fully saturated rings. The molecule has 17 heavy (non-hydrogen) atoms. The van der Waals surface area contributed by atoms with Gasteiger partial charge in [0.25, 0.3) is 0 Å². The van der Waals surface area contributed by atoms with Crippen LogP contribution in [0.25, 0.3) is 0 Å². The zero-order chi connectivity index (χ0) is 12.4. The number of rotatable bonds is 5. The van der Waals surface area contributed by atoms with Crippen LogP contribution in [0.1, 0.15) is 30.7 Å². The Bertz CT molecular complexity index is 423. The van der Waals surface area contributed by atoms with Crippen LogP contribution in [0.15, 0.2) is 18.2 Å². The third-order valence-electron chi connectivity index (χ3n) is 3.21. The van der Waals surface area contributed by atoms with Gasteiger partial charge in [-0.1, -0.05) is 12.1 Å². The van der Waals surface area contributed by atoms with Gasteiger partial charge in [-0.3, -0.25) is 4.79 Å². The van der Waals surface area contributed by atoms with Gasteiger partial charge in [0.05, 0.1) is 13.5 Å². The summed E-state index contributed by atoms with van der Waals surface area (Å²) in [4.78, 5) is 10.9. The fourth-order valence-electron chi connectivity index (χ4n) is 2.27. The van der Waals surface area contributed by atoms with Crippen LogP contribution >= 0.6 is 0 Å². The van der Waals surface area contributed by atoms with Crippen molar-refractivity contribution in [1.82, 2.24) is 0 Å². The highest BCUT2D eigenvalue weighted by Crippen LogP contribution is 2.48. The Kier molecular flexibility index (Phi) is 3.22. The third kappa shape index (κ3) is 2.52. The first-order chi connectivity index (χ1) is 8.13. The molecule has 4 nitrogen and oxygen atoms in total. The lowest BCUT2D eigenvalue weighted by Crippen LogP contribution is -2.09. The lowest BCUT2D eigenvalue weighted by Gasteiger charge is -2.18. The number of carbonyl (C=O) groups is 1. The number of hydrogen-bond acceptors (Lipinski definition) is 3. The molecular formula is C13H16O4. The molecule has 1 aromatic rings. The highest BCUT2D eigenvalue weighted by atomic mass is 16.5. The number of methoxy groups -OCH3 is 1. The quantitative estimate of drug-likeness (QED) is 0.823. The SMILES string of the molecule is COc1c(O)cccc1C(CC(=O)O)C1CC1. The molecule has 1 atom stereocenters.